The van der Waals surface area contributed by atoms with Crippen LogP contribution in [-0.4, -0.2) is 18.0 Å². The van der Waals surface area contributed by atoms with Gasteiger partial charge < -0.3 is 14.5 Å². The zero-order valence-electron chi connectivity index (χ0n) is 11.0. The Hall–Kier alpha value is -2.54. The van der Waals surface area contributed by atoms with Crippen LogP contribution in [0.4, 0.5) is 11.4 Å². The smallest absolute Gasteiger partial charge is 0.373 e. The van der Waals surface area contributed by atoms with Gasteiger partial charge in [-0.05, 0) is 18.2 Å². The van der Waals surface area contributed by atoms with Gasteiger partial charge in [-0.1, -0.05) is 11.6 Å². The second-order valence-electron chi connectivity index (χ2n) is 4.03. The second kappa shape index (κ2) is 6.27. The number of hydrogen-bond acceptors (Lipinski definition) is 6. The summed E-state index contributed by atoms with van der Waals surface area (Å²) in [4.78, 5) is 21.3. The number of carbonyl (C=O) groups excluding carboxylic acids is 1. The van der Waals surface area contributed by atoms with Crippen LogP contribution in [0.5, 0.6) is 0 Å². The van der Waals surface area contributed by atoms with Crippen molar-refractivity contribution in [1.82, 2.24) is 0 Å². The lowest BCUT2D eigenvalue weighted by Gasteiger charge is -2.06. The van der Waals surface area contributed by atoms with E-state index in [4.69, 9.17) is 16.0 Å². The number of methoxy groups -OCH3 is 1. The van der Waals surface area contributed by atoms with E-state index in [0.29, 0.717) is 11.4 Å². The van der Waals surface area contributed by atoms with Crippen LogP contribution in [0.1, 0.15) is 16.3 Å². The number of carbonyl (C=O) groups is 1. The largest absolute Gasteiger partial charge is 0.463 e. The number of benzene rings is 1. The molecule has 0 amide bonds. The number of nitro benzene ring substituents is 1. The summed E-state index contributed by atoms with van der Waals surface area (Å²) >= 11 is 5.95. The van der Waals surface area contributed by atoms with Gasteiger partial charge in [0.2, 0.25) is 5.76 Å². The van der Waals surface area contributed by atoms with Crippen LogP contribution < -0.4 is 5.32 Å². The van der Waals surface area contributed by atoms with Gasteiger partial charge in [0.15, 0.2) is 0 Å². The summed E-state index contributed by atoms with van der Waals surface area (Å²) < 4.78 is 9.80. The number of halogens is 1. The van der Waals surface area contributed by atoms with Gasteiger partial charge in [-0.3, -0.25) is 10.1 Å². The van der Waals surface area contributed by atoms with Gasteiger partial charge in [0.1, 0.15) is 5.76 Å². The first-order valence-corrected chi connectivity index (χ1v) is 6.24. The molecule has 0 aliphatic heterocycles. The highest BCUT2D eigenvalue weighted by atomic mass is 35.5. The molecule has 0 spiro atoms. The number of furan rings is 1. The van der Waals surface area contributed by atoms with Gasteiger partial charge in [-0.25, -0.2) is 4.79 Å². The summed E-state index contributed by atoms with van der Waals surface area (Å²) in [7, 11) is 1.26. The molecule has 0 radical (unpaired) electrons. The van der Waals surface area contributed by atoms with E-state index in [0.717, 1.165) is 0 Å². The van der Waals surface area contributed by atoms with Crippen LogP contribution in [0.15, 0.2) is 34.7 Å². The molecule has 0 unspecified atom stereocenters. The third-order valence-corrected chi connectivity index (χ3v) is 2.98. The molecular weight excluding hydrogens is 300 g/mol. The van der Waals surface area contributed by atoms with Gasteiger partial charge in [0, 0.05) is 12.1 Å². The molecule has 1 heterocycles. The lowest BCUT2D eigenvalue weighted by Crippen LogP contribution is -2.00. The van der Waals surface area contributed by atoms with Crippen LogP contribution in [0.25, 0.3) is 0 Å². The lowest BCUT2D eigenvalue weighted by atomic mass is 10.3. The maximum atomic E-state index is 11.2. The molecule has 0 fully saturated rings. The van der Waals surface area contributed by atoms with Crippen LogP contribution in [0.2, 0.25) is 5.02 Å². The SMILES string of the molecule is COC(=O)c1ccc(CNc2ccc([N+](=O)[O-])cc2Cl)o1. The number of anilines is 1. The Labute approximate surface area is 124 Å². The molecule has 1 N–H and O–H groups in total. The summed E-state index contributed by atoms with van der Waals surface area (Å²) in [6.07, 6.45) is 0. The predicted molar refractivity (Wildman–Crippen MR) is 75.5 cm³/mol. The number of hydrogen-bond donors (Lipinski definition) is 1. The second-order valence-corrected chi connectivity index (χ2v) is 4.44. The number of rotatable bonds is 5. The van der Waals surface area contributed by atoms with Crippen molar-refractivity contribution < 1.29 is 18.9 Å². The van der Waals surface area contributed by atoms with Crippen molar-refractivity contribution in [2.24, 2.45) is 0 Å². The summed E-state index contributed by atoms with van der Waals surface area (Å²) in [5.41, 5.74) is 0.440. The molecule has 0 saturated carbocycles. The number of nitrogens with zero attached hydrogens (tertiary/aromatic N) is 1. The van der Waals surface area contributed by atoms with E-state index in [1.165, 1.54) is 31.4 Å². The first-order chi connectivity index (χ1) is 10.0. The molecule has 0 saturated heterocycles. The Kier molecular flexibility index (Phi) is 4.44. The zero-order chi connectivity index (χ0) is 15.4. The van der Waals surface area contributed by atoms with E-state index in [-0.39, 0.29) is 23.0 Å². The fourth-order valence-corrected chi connectivity index (χ4v) is 1.87. The summed E-state index contributed by atoms with van der Waals surface area (Å²) in [6, 6.07) is 7.23. The van der Waals surface area contributed by atoms with Crippen molar-refractivity contribution in [3.8, 4) is 0 Å². The molecule has 0 aliphatic carbocycles. The number of nitro groups is 1. The van der Waals surface area contributed by atoms with Crippen LogP contribution in [0.3, 0.4) is 0 Å². The minimum atomic E-state index is -0.561. The average Bonchev–Trinajstić information content (AvgIpc) is 2.93. The molecule has 0 aliphatic rings. The Bertz CT molecular complexity index is 683. The molecule has 8 heteroatoms. The van der Waals surface area contributed by atoms with Crippen molar-refractivity contribution >= 4 is 28.9 Å². The number of nitrogens with one attached hydrogen (secondary N) is 1. The van der Waals surface area contributed by atoms with Crippen molar-refractivity contribution in [1.29, 1.82) is 0 Å². The van der Waals surface area contributed by atoms with Crippen molar-refractivity contribution in [3.63, 3.8) is 0 Å². The molecule has 2 aromatic rings. The average molecular weight is 311 g/mol. The molecule has 7 nitrogen and oxygen atoms in total. The van der Waals surface area contributed by atoms with Gasteiger partial charge in [0.25, 0.3) is 5.69 Å². The third-order valence-electron chi connectivity index (χ3n) is 2.66. The van der Waals surface area contributed by atoms with E-state index < -0.39 is 10.9 Å². The number of esters is 1. The first-order valence-electron chi connectivity index (χ1n) is 5.86. The Morgan fingerprint density at radius 2 is 2.19 bits per heavy atom. The molecule has 21 heavy (non-hydrogen) atoms. The van der Waals surface area contributed by atoms with Crippen molar-refractivity contribution in [2.75, 3.05) is 12.4 Å². The topological polar surface area (TPSA) is 94.6 Å². The molecule has 110 valence electrons. The molecule has 2 rings (SSSR count). The van der Waals surface area contributed by atoms with Crippen molar-refractivity contribution in [2.45, 2.75) is 6.54 Å². The predicted octanol–water partition coefficient (Wildman–Crippen LogP) is 3.24. The Morgan fingerprint density at radius 3 is 2.81 bits per heavy atom. The zero-order valence-corrected chi connectivity index (χ0v) is 11.7. The van der Waals surface area contributed by atoms with Crippen LogP contribution in [-0.2, 0) is 11.3 Å². The van der Waals surface area contributed by atoms with Gasteiger partial charge in [-0.15, -0.1) is 0 Å². The first kappa shape index (κ1) is 14.9. The van der Waals surface area contributed by atoms with Crippen LogP contribution >= 0.6 is 11.6 Å². The molecule has 1 aromatic heterocycles. The summed E-state index contributed by atoms with van der Waals surface area (Å²) in [5.74, 6) is 0.0449. The quantitative estimate of drug-likeness (QED) is 0.517. The monoisotopic (exact) mass is 310 g/mol. The highest BCUT2D eigenvalue weighted by molar-refractivity contribution is 6.33. The van der Waals surface area contributed by atoms with Crippen molar-refractivity contribution in [3.05, 3.63) is 57.0 Å². The fourth-order valence-electron chi connectivity index (χ4n) is 1.63. The standard InChI is InChI=1S/C13H11ClN2O5/c1-20-13(17)12-5-3-9(21-12)7-15-11-4-2-8(16(18)19)6-10(11)14/h2-6,15H,7H2,1H3. The van der Waals surface area contributed by atoms with Gasteiger partial charge in [0.05, 0.1) is 29.3 Å². The highest BCUT2D eigenvalue weighted by Gasteiger charge is 2.12. The number of ether oxygens (including phenoxy) is 1. The maximum absolute atomic E-state index is 11.2. The minimum absolute atomic E-state index is 0.0865. The maximum Gasteiger partial charge on any atom is 0.373 e. The van der Waals surface area contributed by atoms with Crippen LogP contribution in [0, 0.1) is 10.1 Å². The summed E-state index contributed by atoms with van der Waals surface area (Å²) in [6.45, 7) is 0.272. The van der Waals surface area contributed by atoms with E-state index in [1.807, 2.05) is 0 Å². The molecule has 0 atom stereocenters. The molecule has 1 aromatic carbocycles. The van der Waals surface area contributed by atoms with E-state index in [1.54, 1.807) is 6.07 Å². The lowest BCUT2D eigenvalue weighted by molar-refractivity contribution is -0.384. The third kappa shape index (κ3) is 3.51. The molecular formula is C13H11ClN2O5. The van der Waals surface area contributed by atoms with E-state index in [9.17, 15) is 14.9 Å². The molecule has 0 bridgehead atoms. The fraction of sp³-hybridized carbons (Fsp3) is 0.154. The van der Waals surface area contributed by atoms with Gasteiger partial charge >= 0.3 is 5.97 Å². The van der Waals surface area contributed by atoms with E-state index >= 15 is 0 Å². The van der Waals surface area contributed by atoms with Gasteiger partial charge in [-0.2, -0.15) is 0 Å². The summed E-state index contributed by atoms with van der Waals surface area (Å²) in [5, 5.41) is 13.8. The number of non-ortho nitro benzene ring substituents is 1. The Morgan fingerprint density at radius 1 is 1.43 bits per heavy atom. The Balaban J connectivity index is 2.04. The highest BCUT2D eigenvalue weighted by Crippen LogP contribution is 2.27. The normalized spacial score (nSPS) is 10.2. The minimum Gasteiger partial charge on any atom is -0.463 e. The van der Waals surface area contributed by atoms with E-state index in [2.05, 4.69) is 10.1 Å².